The number of amides is 1. The summed E-state index contributed by atoms with van der Waals surface area (Å²) in [7, 11) is 3.34. The molecule has 3 heterocycles. The highest BCUT2D eigenvalue weighted by Crippen LogP contribution is 2.41. The molecule has 2 aliphatic heterocycles. The largest absolute Gasteiger partial charge is 0.496 e. The molecule has 2 saturated heterocycles. The second-order valence-electron chi connectivity index (χ2n) is 9.90. The average molecular weight is 471 g/mol. The summed E-state index contributed by atoms with van der Waals surface area (Å²) >= 11 is 0. The highest BCUT2D eigenvalue weighted by molar-refractivity contribution is 5.79. The van der Waals surface area contributed by atoms with E-state index in [-0.39, 0.29) is 6.04 Å². The Bertz CT molecular complexity index is 1060. The molecule has 4 rings (SSSR count). The third kappa shape index (κ3) is 4.56. The molecule has 9 heteroatoms. The molecule has 2 fully saturated rings. The zero-order valence-corrected chi connectivity index (χ0v) is 20.2. The summed E-state index contributed by atoms with van der Waals surface area (Å²) in [6.45, 7) is 5.44. The van der Waals surface area contributed by atoms with Crippen LogP contribution in [0.1, 0.15) is 50.4 Å². The Hall–Kier alpha value is -3.23. The van der Waals surface area contributed by atoms with Gasteiger partial charge in [-0.25, -0.2) is 9.18 Å². The van der Waals surface area contributed by atoms with Crippen molar-refractivity contribution in [3.8, 4) is 17.0 Å². The van der Waals surface area contributed by atoms with Crippen molar-refractivity contribution in [2.75, 3.05) is 19.1 Å². The number of hydrogen-bond donors (Lipinski definition) is 0. The number of benzene rings is 1. The fourth-order valence-electron chi connectivity index (χ4n) is 4.91. The van der Waals surface area contributed by atoms with Gasteiger partial charge >= 0.3 is 6.09 Å². The zero-order chi connectivity index (χ0) is 24.6. The lowest BCUT2D eigenvalue weighted by molar-refractivity contribution is -0.0104. The molecule has 0 aliphatic carbocycles. The minimum absolute atomic E-state index is 0.0628. The van der Waals surface area contributed by atoms with Crippen LogP contribution in [0.5, 0.6) is 5.75 Å². The number of aromatic nitrogens is 2. The van der Waals surface area contributed by atoms with Crippen LogP contribution in [0.15, 0.2) is 30.3 Å². The number of anilines is 1. The molecule has 2 bridgehead atoms. The van der Waals surface area contributed by atoms with Gasteiger partial charge in [0.25, 0.3) is 0 Å². The van der Waals surface area contributed by atoms with E-state index in [1.54, 1.807) is 35.2 Å². The minimum Gasteiger partial charge on any atom is -0.496 e. The summed E-state index contributed by atoms with van der Waals surface area (Å²) < 4.78 is 26.6. The molecule has 4 unspecified atom stereocenters. The van der Waals surface area contributed by atoms with Gasteiger partial charge in [0.2, 0.25) is 0 Å². The lowest BCUT2D eigenvalue weighted by Crippen LogP contribution is -2.59. The van der Waals surface area contributed by atoms with Crippen LogP contribution in [-0.2, 0) is 4.74 Å². The molecule has 1 amide bonds. The van der Waals surface area contributed by atoms with E-state index in [1.807, 2.05) is 32.7 Å². The van der Waals surface area contributed by atoms with E-state index in [0.29, 0.717) is 41.2 Å². The molecule has 2 aliphatic rings. The molecule has 8 nitrogen and oxygen atoms in total. The number of piperidine rings is 1. The van der Waals surface area contributed by atoms with E-state index in [2.05, 4.69) is 10.2 Å². The molecule has 1 aromatic heterocycles. The smallest absolute Gasteiger partial charge is 0.410 e. The number of hydrogen-bond acceptors (Lipinski definition) is 7. The molecule has 182 valence electrons. The fourth-order valence-corrected chi connectivity index (χ4v) is 4.91. The summed E-state index contributed by atoms with van der Waals surface area (Å²) in [5, 5.41) is 8.66. The number of fused-ring (bicyclic) bond motifs is 2. The van der Waals surface area contributed by atoms with Crippen LogP contribution >= 0.6 is 0 Å². The normalized spacial score (nSPS) is 24.0. The van der Waals surface area contributed by atoms with E-state index in [1.165, 1.54) is 7.11 Å². The van der Waals surface area contributed by atoms with Gasteiger partial charge in [0.15, 0.2) is 5.82 Å². The van der Waals surface area contributed by atoms with Gasteiger partial charge in [0.1, 0.15) is 23.8 Å². The number of carbonyl (C=O) groups is 2. The summed E-state index contributed by atoms with van der Waals surface area (Å²) in [5.41, 5.74) is 1.18. The number of ether oxygens (including phenoxy) is 2. The van der Waals surface area contributed by atoms with Gasteiger partial charge in [-0.2, -0.15) is 0 Å². The summed E-state index contributed by atoms with van der Waals surface area (Å²) in [6, 6.07) is 7.70. The molecule has 1 aromatic carbocycles. The minimum atomic E-state index is -1.23. The highest BCUT2D eigenvalue weighted by Gasteiger charge is 2.52. The highest BCUT2D eigenvalue weighted by atomic mass is 19.1. The van der Waals surface area contributed by atoms with E-state index in [4.69, 9.17) is 9.47 Å². The Morgan fingerprint density at radius 1 is 1.21 bits per heavy atom. The second kappa shape index (κ2) is 9.19. The van der Waals surface area contributed by atoms with Crippen LogP contribution in [0.2, 0.25) is 0 Å². The Balaban J connectivity index is 1.51. The number of aldehydes is 1. The summed E-state index contributed by atoms with van der Waals surface area (Å²) in [5.74, 6) is 1.07. The van der Waals surface area contributed by atoms with Crippen LogP contribution in [-0.4, -0.2) is 71.5 Å². The first-order chi connectivity index (χ1) is 16.1. The van der Waals surface area contributed by atoms with Gasteiger partial charge in [-0.1, -0.05) is 6.07 Å². The summed E-state index contributed by atoms with van der Waals surface area (Å²) in [6.07, 6.45) is 0.964. The number of alkyl halides is 1. The SMILES string of the molecule is COc1cc(C=O)ccc1-c1ccc(N(C)C2CC3CCC(C2F)N3C(=O)OC(C)(C)C)nn1. The monoisotopic (exact) mass is 470 g/mol. The number of halogens is 1. The van der Waals surface area contributed by atoms with Crippen molar-refractivity contribution in [2.45, 2.75) is 69.9 Å². The molecule has 0 saturated carbocycles. The fraction of sp³-hybridized carbons (Fsp3) is 0.520. The predicted octanol–water partition coefficient (Wildman–Crippen LogP) is 4.28. The van der Waals surface area contributed by atoms with Crippen LogP contribution in [0.4, 0.5) is 15.0 Å². The van der Waals surface area contributed by atoms with Crippen molar-refractivity contribution in [1.82, 2.24) is 15.1 Å². The Labute approximate surface area is 199 Å². The molecule has 34 heavy (non-hydrogen) atoms. The number of nitrogens with zero attached hydrogens (tertiary/aromatic N) is 4. The van der Waals surface area contributed by atoms with Gasteiger partial charge in [-0.3, -0.25) is 9.69 Å². The first-order valence-corrected chi connectivity index (χ1v) is 11.5. The van der Waals surface area contributed by atoms with Gasteiger partial charge in [0, 0.05) is 24.2 Å². The van der Waals surface area contributed by atoms with Gasteiger partial charge in [0.05, 0.1) is 24.9 Å². The van der Waals surface area contributed by atoms with Crippen LogP contribution in [0.3, 0.4) is 0 Å². The van der Waals surface area contributed by atoms with E-state index >= 15 is 4.39 Å². The third-order valence-corrected chi connectivity index (χ3v) is 6.55. The Morgan fingerprint density at radius 2 is 1.97 bits per heavy atom. The molecule has 0 N–H and O–H groups in total. The maximum atomic E-state index is 15.6. The lowest BCUT2D eigenvalue weighted by atomic mass is 9.94. The first kappa shape index (κ1) is 23.9. The number of carbonyl (C=O) groups excluding carboxylic acids is 2. The van der Waals surface area contributed by atoms with E-state index in [9.17, 15) is 9.59 Å². The second-order valence-corrected chi connectivity index (χ2v) is 9.90. The van der Waals surface area contributed by atoms with Gasteiger partial charge in [-0.15, -0.1) is 10.2 Å². The molecule has 0 radical (unpaired) electrons. The van der Waals surface area contributed by atoms with Crippen LogP contribution in [0.25, 0.3) is 11.3 Å². The van der Waals surface area contributed by atoms with E-state index < -0.39 is 29.9 Å². The number of rotatable bonds is 5. The molecular formula is C25H31FN4O4. The van der Waals surface area contributed by atoms with E-state index in [0.717, 1.165) is 12.7 Å². The van der Waals surface area contributed by atoms with Crippen molar-refractivity contribution >= 4 is 18.2 Å². The van der Waals surface area contributed by atoms with Crippen molar-refractivity contribution in [3.05, 3.63) is 35.9 Å². The topological polar surface area (TPSA) is 84.9 Å². The lowest BCUT2D eigenvalue weighted by Gasteiger charge is -2.44. The number of methoxy groups -OCH3 is 1. The van der Waals surface area contributed by atoms with Gasteiger partial charge < -0.3 is 14.4 Å². The molecular weight excluding hydrogens is 439 g/mol. The quantitative estimate of drug-likeness (QED) is 0.603. The van der Waals surface area contributed by atoms with Crippen LogP contribution < -0.4 is 9.64 Å². The van der Waals surface area contributed by atoms with Crippen LogP contribution in [0, 0.1) is 0 Å². The standard InChI is InChI=1S/C25H31FN4O4/c1-25(2,3)34-24(32)30-16-7-10-19(30)23(26)20(13-16)29(4)22-11-9-18(27-28-22)17-8-6-15(14-31)12-21(17)33-5/h6,8-9,11-12,14,16,19-20,23H,7,10,13H2,1-5H3. The Kier molecular flexibility index (Phi) is 6.47. The molecule has 0 spiro atoms. The average Bonchev–Trinajstić information content (AvgIpc) is 3.16. The van der Waals surface area contributed by atoms with Crippen molar-refractivity contribution in [3.63, 3.8) is 0 Å². The maximum Gasteiger partial charge on any atom is 0.410 e. The van der Waals surface area contributed by atoms with Gasteiger partial charge in [-0.05, 0) is 64.3 Å². The van der Waals surface area contributed by atoms with Crippen molar-refractivity contribution in [2.24, 2.45) is 0 Å². The van der Waals surface area contributed by atoms with Crippen molar-refractivity contribution in [1.29, 1.82) is 0 Å². The zero-order valence-electron chi connectivity index (χ0n) is 20.2. The molecule has 2 aromatic rings. The predicted molar refractivity (Wildman–Crippen MR) is 126 cm³/mol. The molecule has 4 atom stereocenters. The summed E-state index contributed by atoms with van der Waals surface area (Å²) in [4.78, 5) is 27.2. The maximum absolute atomic E-state index is 15.6. The van der Waals surface area contributed by atoms with Crippen molar-refractivity contribution < 1.29 is 23.5 Å². The first-order valence-electron chi connectivity index (χ1n) is 11.5. The Morgan fingerprint density at radius 3 is 2.59 bits per heavy atom. The third-order valence-electron chi connectivity index (χ3n) is 6.55.